The Morgan fingerprint density at radius 3 is 3.44 bits per heavy atom. The number of fused-ring (bicyclic) bond motifs is 1. The Hall–Kier alpha value is -1.38. The Labute approximate surface area is 53.2 Å². The van der Waals surface area contributed by atoms with E-state index in [1.165, 1.54) is 0 Å². The first-order valence-electron chi connectivity index (χ1n) is 2.70. The third-order valence-electron chi connectivity index (χ3n) is 1.24. The topological polar surface area (TPSA) is 41.6 Å². The van der Waals surface area contributed by atoms with Crippen molar-refractivity contribution in [3.63, 3.8) is 0 Å². The van der Waals surface area contributed by atoms with Gasteiger partial charge >= 0.3 is 1.43 Å². The number of rotatable bonds is 0. The van der Waals surface area contributed by atoms with E-state index in [0.29, 0.717) is 0 Å². The molecule has 2 aromatic rings. The molecule has 0 fully saturated rings. The monoisotopic (exact) mass is 120 g/mol. The van der Waals surface area contributed by atoms with Crippen LogP contribution in [0.4, 0.5) is 0 Å². The summed E-state index contributed by atoms with van der Waals surface area (Å²) in [5, 5.41) is 7.78. The fourth-order valence-electron chi connectivity index (χ4n) is 0.784. The maximum Gasteiger partial charge on any atom is 1.00 e. The average Bonchev–Trinajstić information content (AvgIpc) is 2.33. The minimum Gasteiger partial charge on any atom is -0.284 e. The molecule has 0 aromatic carbocycles. The van der Waals surface area contributed by atoms with E-state index < -0.39 is 0 Å². The molecule has 9 heavy (non-hydrogen) atoms. The van der Waals surface area contributed by atoms with Gasteiger partial charge in [0.2, 0.25) is 0 Å². The van der Waals surface area contributed by atoms with Crippen molar-refractivity contribution in [1.82, 2.24) is 15.2 Å². The van der Waals surface area contributed by atoms with Gasteiger partial charge in [0.05, 0.1) is 6.20 Å². The van der Waals surface area contributed by atoms with Gasteiger partial charge in [-0.3, -0.25) is 10.1 Å². The summed E-state index contributed by atoms with van der Waals surface area (Å²) in [6, 6.07) is 1.92. The summed E-state index contributed by atoms with van der Waals surface area (Å²) >= 11 is 0. The highest BCUT2D eigenvalue weighted by atomic mass is 15.1. The largest absolute Gasteiger partial charge is 1.00 e. The van der Waals surface area contributed by atoms with Crippen molar-refractivity contribution < 1.29 is 1.43 Å². The lowest BCUT2D eigenvalue weighted by Gasteiger charge is -1.79. The van der Waals surface area contributed by atoms with Gasteiger partial charge in [-0.2, -0.15) is 5.10 Å². The van der Waals surface area contributed by atoms with Crippen LogP contribution in [-0.4, -0.2) is 15.2 Å². The zero-order valence-electron chi connectivity index (χ0n) is 5.70. The first-order valence-corrected chi connectivity index (χ1v) is 2.70. The number of H-pyrrole nitrogens is 1. The van der Waals surface area contributed by atoms with Crippen LogP contribution >= 0.6 is 0 Å². The van der Waals surface area contributed by atoms with Crippen LogP contribution in [0.3, 0.4) is 0 Å². The second kappa shape index (κ2) is 1.55. The summed E-state index contributed by atoms with van der Waals surface area (Å²) in [5.41, 5.74) is 0.914. The van der Waals surface area contributed by atoms with Gasteiger partial charge in [0.25, 0.3) is 0 Å². The van der Waals surface area contributed by atoms with Crippen molar-refractivity contribution in [2.75, 3.05) is 0 Å². The van der Waals surface area contributed by atoms with Crippen LogP contribution in [-0.2, 0) is 0 Å². The van der Waals surface area contributed by atoms with Gasteiger partial charge in [-0.15, -0.1) is 0 Å². The van der Waals surface area contributed by atoms with Crippen molar-refractivity contribution in [2.24, 2.45) is 0 Å². The summed E-state index contributed by atoms with van der Waals surface area (Å²) < 4.78 is 0. The molecule has 0 unspecified atom stereocenters. The summed E-state index contributed by atoms with van der Waals surface area (Å²) in [4.78, 5) is 3.90. The molecule has 0 bridgehead atoms. The molecule has 0 aliphatic carbocycles. The maximum absolute atomic E-state index is 3.93. The van der Waals surface area contributed by atoms with Crippen molar-refractivity contribution in [3.8, 4) is 0 Å². The van der Waals surface area contributed by atoms with E-state index in [9.17, 15) is 0 Å². The van der Waals surface area contributed by atoms with Gasteiger partial charge in [-0.1, -0.05) is 0 Å². The number of pyridine rings is 1. The lowest BCUT2D eigenvalue weighted by molar-refractivity contribution is 1.11. The third kappa shape index (κ3) is 0.579. The minimum absolute atomic E-state index is 0. The minimum atomic E-state index is 0. The smallest absolute Gasteiger partial charge is 0.284 e. The molecule has 2 aromatic heterocycles. The van der Waals surface area contributed by atoms with E-state index in [-0.39, 0.29) is 1.43 Å². The second-order valence-corrected chi connectivity index (χ2v) is 1.82. The molecule has 44 valence electrons. The molecule has 3 nitrogen and oxygen atoms in total. The van der Waals surface area contributed by atoms with Gasteiger partial charge in [0.1, 0.15) is 5.52 Å². The molecular weight excluding hydrogens is 114 g/mol. The molecule has 1 N–H and O–H groups in total. The van der Waals surface area contributed by atoms with E-state index in [2.05, 4.69) is 15.2 Å². The highest BCUT2D eigenvalue weighted by Gasteiger charge is 1.89. The van der Waals surface area contributed by atoms with Gasteiger partial charge in [0, 0.05) is 17.8 Å². The van der Waals surface area contributed by atoms with E-state index in [1.807, 2.05) is 12.3 Å². The number of hydrogen-bond donors (Lipinski definition) is 1. The average molecular weight is 120 g/mol. The van der Waals surface area contributed by atoms with Crippen molar-refractivity contribution in [3.05, 3.63) is 24.7 Å². The van der Waals surface area contributed by atoms with E-state index in [4.69, 9.17) is 0 Å². The van der Waals surface area contributed by atoms with Crippen molar-refractivity contribution in [2.45, 2.75) is 0 Å². The van der Waals surface area contributed by atoms with Crippen molar-refractivity contribution in [1.29, 1.82) is 0 Å². The number of aromatic amines is 1. The van der Waals surface area contributed by atoms with Crippen LogP contribution in [0.2, 0.25) is 0 Å². The molecule has 3 heteroatoms. The standard InChI is InChI=1S/C6H5N3/c1-2-7-4-6-5(1)3-8-9-6/h1-4H,(H,8,9)/p+1. The van der Waals surface area contributed by atoms with E-state index in [1.54, 1.807) is 12.4 Å². The number of nitrogens with one attached hydrogen (secondary N) is 1. The first-order chi connectivity index (χ1) is 4.47. The second-order valence-electron chi connectivity index (χ2n) is 1.82. The molecule has 2 heterocycles. The highest BCUT2D eigenvalue weighted by Crippen LogP contribution is 2.04. The van der Waals surface area contributed by atoms with Crippen LogP contribution in [0.1, 0.15) is 1.43 Å². The molecule has 2 rings (SSSR count). The summed E-state index contributed by atoms with van der Waals surface area (Å²) in [5.74, 6) is 0. The van der Waals surface area contributed by atoms with Gasteiger partial charge in [0.15, 0.2) is 0 Å². The molecule has 0 saturated heterocycles. The fourth-order valence-corrected chi connectivity index (χ4v) is 0.784. The number of nitrogens with zero attached hydrogens (tertiary/aromatic N) is 2. The maximum atomic E-state index is 3.93. The fraction of sp³-hybridized carbons (Fsp3) is 0. The van der Waals surface area contributed by atoms with Crippen LogP contribution in [0, 0.1) is 0 Å². The lowest BCUT2D eigenvalue weighted by atomic mass is 10.3. The molecule has 0 atom stereocenters. The summed E-state index contributed by atoms with van der Waals surface area (Å²) in [6.45, 7) is 0. The predicted molar refractivity (Wildman–Crippen MR) is 35.0 cm³/mol. The van der Waals surface area contributed by atoms with Crippen molar-refractivity contribution >= 4 is 10.9 Å². The summed E-state index contributed by atoms with van der Waals surface area (Å²) in [6.07, 6.45) is 5.32. The Bertz CT molecular complexity index is 287. The quantitative estimate of drug-likeness (QED) is 0.565. The first kappa shape index (κ1) is 4.49. The molecule has 0 saturated carbocycles. The number of hydrogen-bond acceptors (Lipinski definition) is 2. The predicted octanol–water partition coefficient (Wildman–Crippen LogP) is 1.07. The SMILES string of the molecule is [H+].c1cc2c[nH]nc2cn1. The highest BCUT2D eigenvalue weighted by molar-refractivity contribution is 5.76. The Kier molecular flexibility index (Phi) is 0.773. The molecule has 0 aliphatic heterocycles. The third-order valence-corrected chi connectivity index (χ3v) is 1.24. The molecule has 0 aliphatic rings. The molecule has 0 radical (unpaired) electrons. The Morgan fingerprint density at radius 1 is 1.56 bits per heavy atom. The number of aromatic nitrogens is 3. The van der Waals surface area contributed by atoms with E-state index >= 15 is 0 Å². The zero-order valence-corrected chi connectivity index (χ0v) is 4.70. The van der Waals surface area contributed by atoms with Gasteiger partial charge < -0.3 is 0 Å². The van der Waals surface area contributed by atoms with Crippen LogP contribution in [0.5, 0.6) is 0 Å². The lowest BCUT2D eigenvalue weighted by Crippen LogP contribution is -1.69. The normalized spacial score (nSPS) is 10.2. The van der Waals surface area contributed by atoms with Gasteiger partial charge in [-0.25, -0.2) is 0 Å². The van der Waals surface area contributed by atoms with Crippen LogP contribution < -0.4 is 0 Å². The van der Waals surface area contributed by atoms with Gasteiger partial charge in [-0.05, 0) is 6.07 Å². The van der Waals surface area contributed by atoms with Crippen LogP contribution in [0.15, 0.2) is 24.7 Å². The zero-order chi connectivity index (χ0) is 6.10. The Morgan fingerprint density at radius 2 is 2.56 bits per heavy atom. The molecule has 0 spiro atoms. The van der Waals surface area contributed by atoms with Crippen LogP contribution in [0.25, 0.3) is 10.9 Å². The molecule has 0 amide bonds. The Balaban J connectivity index is 0.000000500. The molecular formula is C6H6N3+. The van der Waals surface area contributed by atoms with E-state index in [0.717, 1.165) is 10.9 Å². The summed E-state index contributed by atoms with van der Waals surface area (Å²) in [7, 11) is 0.